The van der Waals surface area contributed by atoms with Gasteiger partial charge in [0.2, 0.25) is 5.91 Å². The zero-order valence-electron chi connectivity index (χ0n) is 12.4. The molecule has 0 radical (unpaired) electrons. The van der Waals surface area contributed by atoms with Crippen molar-refractivity contribution in [2.45, 2.75) is 38.6 Å². The average molecular weight is 290 g/mol. The summed E-state index contributed by atoms with van der Waals surface area (Å²) in [5.41, 5.74) is 0.547. The van der Waals surface area contributed by atoms with Crippen LogP contribution in [0.25, 0.3) is 0 Å². The Balaban J connectivity index is 1.72. The predicted octanol–water partition coefficient (Wildman–Crippen LogP) is 1.27. The fourth-order valence-electron chi connectivity index (χ4n) is 3.69. The lowest BCUT2D eigenvalue weighted by molar-refractivity contribution is -0.132. The SMILES string of the molecule is CC(=O)N1CCCC[C@@H]2CN(C(=O)c3ccn[nH]3)CC[C@H]21. The molecule has 2 atom stereocenters. The zero-order chi connectivity index (χ0) is 14.8. The Kier molecular flexibility index (Phi) is 3.94. The molecule has 2 amide bonds. The van der Waals surface area contributed by atoms with Crippen LogP contribution >= 0.6 is 0 Å². The van der Waals surface area contributed by atoms with Crippen LogP contribution in [0.15, 0.2) is 12.3 Å². The smallest absolute Gasteiger partial charge is 0.271 e. The fourth-order valence-corrected chi connectivity index (χ4v) is 3.69. The van der Waals surface area contributed by atoms with Crippen molar-refractivity contribution in [1.82, 2.24) is 20.0 Å². The van der Waals surface area contributed by atoms with Crippen LogP contribution in [0.5, 0.6) is 0 Å². The number of fused-ring (bicyclic) bond motifs is 1. The van der Waals surface area contributed by atoms with E-state index in [0.29, 0.717) is 24.2 Å². The minimum atomic E-state index is 0.0181. The Bertz CT molecular complexity index is 514. The van der Waals surface area contributed by atoms with Crippen molar-refractivity contribution in [3.05, 3.63) is 18.0 Å². The van der Waals surface area contributed by atoms with Crippen molar-refractivity contribution < 1.29 is 9.59 Å². The minimum absolute atomic E-state index is 0.0181. The predicted molar refractivity (Wildman–Crippen MR) is 77.6 cm³/mol. The van der Waals surface area contributed by atoms with E-state index in [2.05, 4.69) is 10.2 Å². The molecule has 0 unspecified atom stereocenters. The van der Waals surface area contributed by atoms with Gasteiger partial charge in [0.05, 0.1) is 0 Å². The molecule has 0 spiro atoms. The number of nitrogens with one attached hydrogen (secondary N) is 1. The standard InChI is InChI=1S/C15H22N4O2/c1-11(20)19-8-3-2-4-12-10-18(9-6-14(12)19)15(21)13-5-7-16-17-13/h5,7,12,14H,2-4,6,8-10H2,1H3,(H,16,17)/t12-,14-/m1/s1. The van der Waals surface area contributed by atoms with E-state index >= 15 is 0 Å². The van der Waals surface area contributed by atoms with Crippen molar-refractivity contribution in [3.63, 3.8) is 0 Å². The number of piperidine rings is 1. The minimum Gasteiger partial charge on any atom is -0.340 e. The number of rotatable bonds is 1. The van der Waals surface area contributed by atoms with Crippen LogP contribution in [0.1, 0.15) is 43.1 Å². The summed E-state index contributed by atoms with van der Waals surface area (Å²) in [4.78, 5) is 28.2. The summed E-state index contributed by atoms with van der Waals surface area (Å²) in [6.07, 6.45) is 5.78. The second-order valence-corrected chi connectivity index (χ2v) is 6.05. The van der Waals surface area contributed by atoms with Crippen LogP contribution in [-0.2, 0) is 4.79 Å². The van der Waals surface area contributed by atoms with E-state index < -0.39 is 0 Å². The Morgan fingerprint density at radius 2 is 2.14 bits per heavy atom. The van der Waals surface area contributed by atoms with Gasteiger partial charge < -0.3 is 9.80 Å². The molecule has 114 valence electrons. The number of nitrogens with zero attached hydrogens (tertiary/aromatic N) is 3. The Hall–Kier alpha value is -1.85. The molecule has 0 bridgehead atoms. The van der Waals surface area contributed by atoms with E-state index in [1.807, 2.05) is 9.80 Å². The van der Waals surface area contributed by atoms with Gasteiger partial charge in [0.1, 0.15) is 5.69 Å². The molecule has 0 aromatic carbocycles. The maximum atomic E-state index is 12.4. The highest BCUT2D eigenvalue weighted by atomic mass is 16.2. The van der Waals surface area contributed by atoms with Crippen LogP contribution in [0, 0.1) is 5.92 Å². The second kappa shape index (κ2) is 5.87. The Labute approximate surface area is 124 Å². The molecule has 3 rings (SSSR count). The number of carbonyl (C=O) groups is 2. The molecule has 2 aliphatic heterocycles. The third-order valence-corrected chi connectivity index (χ3v) is 4.74. The van der Waals surface area contributed by atoms with Gasteiger partial charge in [-0.1, -0.05) is 6.42 Å². The normalized spacial score (nSPS) is 26.1. The molecule has 0 aliphatic carbocycles. The summed E-state index contributed by atoms with van der Waals surface area (Å²) in [6.45, 7) is 3.98. The molecular formula is C15H22N4O2. The van der Waals surface area contributed by atoms with E-state index in [0.717, 1.165) is 38.8 Å². The number of carbonyl (C=O) groups excluding carboxylic acids is 2. The van der Waals surface area contributed by atoms with Gasteiger partial charge in [-0.15, -0.1) is 0 Å². The molecule has 3 heterocycles. The molecule has 2 fully saturated rings. The van der Waals surface area contributed by atoms with Crippen molar-refractivity contribution in [3.8, 4) is 0 Å². The molecule has 2 saturated heterocycles. The number of amides is 2. The number of H-pyrrole nitrogens is 1. The van der Waals surface area contributed by atoms with Gasteiger partial charge in [0.25, 0.3) is 5.91 Å². The topological polar surface area (TPSA) is 69.3 Å². The van der Waals surface area contributed by atoms with Gasteiger partial charge in [-0.25, -0.2) is 0 Å². The molecule has 0 saturated carbocycles. The van der Waals surface area contributed by atoms with Gasteiger partial charge in [-0.3, -0.25) is 14.7 Å². The highest BCUT2D eigenvalue weighted by molar-refractivity contribution is 5.92. The van der Waals surface area contributed by atoms with Gasteiger partial charge in [0.15, 0.2) is 0 Å². The van der Waals surface area contributed by atoms with E-state index in [4.69, 9.17) is 0 Å². The maximum absolute atomic E-state index is 12.4. The molecule has 6 nitrogen and oxygen atoms in total. The van der Waals surface area contributed by atoms with Crippen LogP contribution in [0.2, 0.25) is 0 Å². The van der Waals surface area contributed by atoms with Gasteiger partial charge in [0, 0.05) is 38.8 Å². The van der Waals surface area contributed by atoms with Crippen LogP contribution in [0.4, 0.5) is 0 Å². The Morgan fingerprint density at radius 3 is 2.86 bits per heavy atom. The molecule has 2 aliphatic rings. The van der Waals surface area contributed by atoms with E-state index in [9.17, 15) is 9.59 Å². The van der Waals surface area contributed by atoms with Gasteiger partial charge in [-0.2, -0.15) is 5.10 Å². The highest BCUT2D eigenvalue weighted by Crippen LogP contribution is 2.30. The highest BCUT2D eigenvalue weighted by Gasteiger charge is 2.37. The van der Waals surface area contributed by atoms with Crippen LogP contribution < -0.4 is 0 Å². The lowest BCUT2D eigenvalue weighted by atomic mass is 9.88. The third-order valence-electron chi connectivity index (χ3n) is 4.74. The summed E-state index contributed by atoms with van der Waals surface area (Å²) in [5, 5.41) is 6.58. The first kappa shape index (κ1) is 14.1. The number of hydrogen-bond donors (Lipinski definition) is 1. The summed E-state index contributed by atoms with van der Waals surface area (Å²) in [6, 6.07) is 2.01. The van der Waals surface area contributed by atoms with Crippen molar-refractivity contribution in [2.24, 2.45) is 5.92 Å². The zero-order valence-corrected chi connectivity index (χ0v) is 12.4. The first-order valence-electron chi connectivity index (χ1n) is 7.72. The third kappa shape index (κ3) is 2.80. The second-order valence-electron chi connectivity index (χ2n) is 6.05. The molecular weight excluding hydrogens is 268 g/mol. The Morgan fingerprint density at radius 1 is 1.29 bits per heavy atom. The summed E-state index contributed by atoms with van der Waals surface area (Å²) in [7, 11) is 0. The van der Waals surface area contributed by atoms with E-state index in [-0.39, 0.29) is 11.8 Å². The quantitative estimate of drug-likeness (QED) is 0.847. The lowest BCUT2D eigenvalue weighted by Crippen LogP contribution is -2.53. The van der Waals surface area contributed by atoms with Gasteiger partial charge in [-0.05, 0) is 31.2 Å². The molecule has 6 heteroatoms. The summed E-state index contributed by atoms with van der Waals surface area (Å²) in [5.74, 6) is 0.585. The van der Waals surface area contributed by atoms with Crippen molar-refractivity contribution in [2.75, 3.05) is 19.6 Å². The fraction of sp³-hybridized carbons (Fsp3) is 0.667. The monoisotopic (exact) mass is 290 g/mol. The number of aromatic amines is 1. The molecule has 1 aromatic rings. The number of hydrogen-bond acceptors (Lipinski definition) is 3. The van der Waals surface area contributed by atoms with E-state index in [1.165, 1.54) is 0 Å². The van der Waals surface area contributed by atoms with Crippen molar-refractivity contribution >= 4 is 11.8 Å². The van der Waals surface area contributed by atoms with Crippen molar-refractivity contribution in [1.29, 1.82) is 0 Å². The summed E-state index contributed by atoms with van der Waals surface area (Å²) < 4.78 is 0. The van der Waals surface area contributed by atoms with E-state index in [1.54, 1.807) is 19.2 Å². The molecule has 1 N–H and O–H groups in total. The first-order valence-corrected chi connectivity index (χ1v) is 7.72. The number of likely N-dealkylation sites (tertiary alicyclic amines) is 2. The summed E-state index contributed by atoms with van der Waals surface area (Å²) >= 11 is 0. The average Bonchev–Trinajstić information content (AvgIpc) is 2.92. The lowest BCUT2D eigenvalue weighted by Gasteiger charge is -2.42. The van der Waals surface area contributed by atoms with Crippen LogP contribution in [-0.4, -0.2) is 57.5 Å². The molecule has 21 heavy (non-hydrogen) atoms. The van der Waals surface area contributed by atoms with Crippen LogP contribution in [0.3, 0.4) is 0 Å². The maximum Gasteiger partial charge on any atom is 0.271 e. The largest absolute Gasteiger partial charge is 0.340 e. The van der Waals surface area contributed by atoms with Gasteiger partial charge >= 0.3 is 0 Å². The number of aromatic nitrogens is 2. The molecule has 1 aromatic heterocycles. The first-order chi connectivity index (χ1) is 10.2.